The third-order valence-corrected chi connectivity index (χ3v) is 4.65. The number of pyridine rings is 1. The third-order valence-electron chi connectivity index (χ3n) is 4.65. The molecular weight excluding hydrogens is 396 g/mol. The first-order valence-corrected chi connectivity index (χ1v) is 9.81. The van der Waals surface area contributed by atoms with Gasteiger partial charge in [0.1, 0.15) is 29.5 Å². The van der Waals surface area contributed by atoms with Crippen LogP contribution in [0.4, 0.5) is 5.82 Å². The standard InChI is InChI=1S/C24H30N2O5/c1-15(17-9-20(29-7)16(2)21(10-17)30-8)19-12-25-22(11-18(19)14-27)26(6)13-23(28)31-24(3,4)5/h9-12,14H,1,13H2,2-8H3. The molecule has 0 amide bonds. The van der Waals surface area contributed by atoms with Crippen LogP contribution in [0.25, 0.3) is 5.57 Å². The molecule has 0 radical (unpaired) electrons. The number of carbonyl (C=O) groups excluding carboxylic acids is 2. The number of esters is 1. The summed E-state index contributed by atoms with van der Waals surface area (Å²) in [5.41, 5.74) is 2.64. The molecule has 0 atom stereocenters. The zero-order chi connectivity index (χ0) is 23.3. The maximum Gasteiger partial charge on any atom is 0.326 e. The summed E-state index contributed by atoms with van der Waals surface area (Å²) in [7, 11) is 4.88. The molecule has 2 rings (SSSR count). The predicted octanol–water partition coefficient (Wildman–Crippen LogP) is 4.06. The van der Waals surface area contributed by atoms with Crippen molar-refractivity contribution in [2.45, 2.75) is 33.3 Å². The van der Waals surface area contributed by atoms with E-state index in [0.29, 0.717) is 34.0 Å². The summed E-state index contributed by atoms with van der Waals surface area (Å²) in [4.78, 5) is 30.0. The Morgan fingerprint density at radius 3 is 2.23 bits per heavy atom. The lowest BCUT2D eigenvalue weighted by Gasteiger charge is -2.23. The molecule has 1 heterocycles. The van der Waals surface area contributed by atoms with Gasteiger partial charge in [0, 0.05) is 29.9 Å². The van der Waals surface area contributed by atoms with E-state index >= 15 is 0 Å². The maximum atomic E-state index is 12.1. The summed E-state index contributed by atoms with van der Waals surface area (Å²) in [5, 5.41) is 0. The van der Waals surface area contributed by atoms with E-state index in [1.54, 1.807) is 38.4 Å². The van der Waals surface area contributed by atoms with E-state index in [9.17, 15) is 9.59 Å². The first-order valence-electron chi connectivity index (χ1n) is 9.81. The van der Waals surface area contributed by atoms with Crippen molar-refractivity contribution in [2.24, 2.45) is 0 Å². The quantitative estimate of drug-likeness (QED) is 0.465. The number of ether oxygens (including phenoxy) is 3. The van der Waals surface area contributed by atoms with Crippen molar-refractivity contribution in [3.63, 3.8) is 0 Å². The Morgan fingerprint density at radius 2 is 1.74 bits per heavy atom. The van der Waals surface area contributed by atoms with Gasteiger partial charge in [-0.2, -0.15) is 0 Å². The van der Waals surface area contributed by atoms with Gasteiger partial charge in [0.15, 0.2) is 6.29 Å². The van der Waals surface area contributed by atoms with Crippen molar-refractivity contribution in [3.05, 3.63) is 53.2 Å². The summed E-state index contributed by atoms with van der Waals surface area (Å²) >= 11 is 0. The number of aldehydes is 1. The Bertz CT molecular complexity index is 967. The van der Waals surface area contributed by atoms with Gasteiger partial charge in [-0.1, -0.05) is 6.58 Å². The van der Waals surface area contributed by atoms with E-state index in [2.05, 4.69) is 11.6 Å². The number of aromatic nitrogens is 1. The van der Waals surface area contributed by atoms with E-state index < -0.39 is 5.60 Å². The molecule has 0 fully saturated rings. The zero-order valence-electron chi connectivity index (χ0n) is 19.2. The number of hydrogen-bond donors (Lipinski definition) is 0. The van der Waals surface area contributed by atoms with Crippen LogP contribution in [0, 0.1) is 6.92 Å². The van der Waals surface area contributed by atoms with Gasteiger partial charge in [0.2, 0.25) is 0 Å². The number of methoxy groups -OCH3 is 2. The molecule has 7 heteroatoms. The van der Waals surface area contributed by atoms with Crippen LogP contribution in [0.5, 0.6) is 11.5 Å². The van der Waals surface area contributed by atoms with Crippen LogP contribution in [0.15, 0.2) is 31.0 Å². The molecule has 2 aromatic rings. The number of hydrogen-bond acceptors (Lipinski definition) is 7. The fourth-order valence-corrected chi connectivity index (χ4v) is 3.08. The fraction of sp³-hybridized carbons (Fsp3) is 0.375. The normalized spacial score (nSPS) is 10.9. The molecule has 0 aliphatic rings. The average molecular weight is 427 g/mol. The zero-order valence-corrected chi connectivity index (χ0v) is 19.2. The third kappa shape index (κ3) is 5.84. The monoisotopic (exact) mass is 426 g/mol. The molecule has 0 bridgehead atoms. The van der Waals surface area contributed by atoms with Crippen LogP contribution >= 0.6 is 0 Å². The first kappa shape index (κ1) is 23.9. The van der Waals surface area contributed by atoms with Gasteiger partial charge in [-0.15, -0.1) is 0 Å². The second-order valence-corrected chi connectivity index (χ2v) is 8.17. The highest BCUT2D eigenvalue weighted by molar-refractivity contribution is 5.91. The number of nitrogens with zero attached hydrogens (tertiary/aromatic N) is 2. The van der Waals surface area contributed by atoms with Crippen molar-refractivity contribution in [1.29, 1.82) is 0 Å². The van der Waals surface area contributed by atoms with Crippen molar-refractivity contribution in [3.8, 4) is 11.5 Å². The summed E-state index contributed by atoms with van der Waals surface area (Å²) in [6.07, 6.45) is 2.32. The van der Waals surface area contributed by atoms with Gasteiger partial charge in [-0.3, -0.25) is 9.59 Å². The van der Waals surface area contributed by atoms with Crippen molar-refractivity contribution in [1.82, 2.24) is 4.98 Å². The van der Waals surface area contributed by atoms with Crippen LogP contribution in [0.2, 0.25) is 0 Å². The van der Waals surface area contributed by atoms with Crippen LogP contribution in [-0.4, -0.2) is 50.7 Å². The van der Waals surface area contributed by atoms with Crippen molar-refractivity contribution < 1.29 is 23.8 Å². The summed E-state index contributed by atoms with van der Waals surface area (Å²) in [5.74, 6) is 1.41. The second-order valence-electron chi connectivity index (χ2n) is 8.17. The molecule has 0 aliphatic heterocycles. The van der Waals surface area contributed by atoms with Crippen molar-refractivity contribution >= 4 is 23.6 Å². The van der Waals surface area contributed by atoms with Crippen LogP contribution in [-0.2, 0) is 9.53 Å². The Labute approximate surface area is 183 Å². The topological polar surface area (TPSA) is 78.0 Å². The molecule has 0 aliphatic carbocycles. The van der Waals surface area contributed by atoms with Gasteiger partial charge in [-0.25, -0.2) is 4.98 Å². The lowest BCUT2D eigenvalue weighted by Crippen LogP contribution is -2.33. The van der Waals surface area contributed by atoms with Gasteiger partial charge in [0.25, 0.3) is 0 Å². The van der Waals surface area contributed by atoms with Gasteiger partial charge in [0.05, 0.1) is 14.2 Å². The molecule has 31 heavy (non-hydrogen) atoms. The number of benzene rings is 1. The lowest BCUT2D eigenvalue weighted by atomic mass is 9.95. The molecule has 0 spiro atoms. The minimum Gasteiger partial charge on any atom is -0.496 e. The number of carbonyl (C=O) groups is 2. The van der Waals surface area contributed by atoms with E-state index in [1.165, 1.54) is 0 Å². The minimum absolute atomic E-state index is 0.00915. The molecule has 1 aromatic heterocycles. The van der Waals surface area contributed by atoms with Gasteiger partial charge >= 0.3 is 5.97 Å². The van der Waals surface area contributed by atoms with Crippen LogP contribution in [0.3, 0.4) is 0 Å². The van der Waals surface area contributed by atoms with Crippen LogP contribution < -0.4 is 14.4 Å². The summed E-state index contributed by atoms with van der Waals surface area (Å²) in [6.45, 7) is 11.5. The molecule has 0 saturated carbocycles. The number of rotatable bonds is 8. The van der Waals surface area contributed by atoms with Crippen molar-refractivity contribution in [2.75, 3.05) is 32.7 Å². The molecule has 0 N–H and O–H groups in total. The summed E-state index contributed by atoms with van der Waals surface area (Å²) in [6, 6.07) is 5.31. The Kier molecular flexibility index (Phi) is 7.44. The summed E-state index contributed by atoms with van der Waals surface area (Å²) < 4.78 is 16.2. The molecular formula is C24H30N2O5. The molecule has 0 unspecified atom stereocenters. The lowest BCUT2D eigenvalue weighted by molar-refractivity contribution is -0.152. The second kappa shape index (κ2) is 9.64. The molecule has 166 valence electrons. The molecule has 7 nitrogen and oxygen atoms in total. The highest BCUT2D eigenvalue weighted by Gasteiger charge is 2.19. The molecule has 1 aromatic carbocycles. The van der Waals surface area contributed by atoms with E-state index in [4.69, 9.17) is 14.2 Å². The van der Waals surface area contributed by atoms with E-state index in [0.717, 1.165) is 17.4 Å². The van der Waals surface area contributed by atoms with Gasteiger partial charge < -0.3 is 19.1 Å². The Hall–Kier alpha value is -3.35. The SMILES string of the molecule is C=C(c1cc(OC)c(C)c(OC)c1)c1cnc(N(C)CC(=O)OC(C)(C)C)cc1C=O. The van der Waals surface area contributed by atoms with Gasteiger partial charge in [-0.05, 0) is 57.0 Å². The first-order chi connectivity index (χ1) is 14.5. The highest BCUT2D eigenvalue weighted by Crippen LogP contribution is 2.35. The largest absolute Gasteiger partial charge is 0.496 e. The Morgan fingerprint density at radius 1 is 1.16 bits per heavy atom. The van der Waals surface area contributed by atoms with E-state index in [-0.39, 0.29) is 12.5 Å². The number of anilines is 1. The minimum atomic E-state index is -0.572. The highest BCUT2D eigenvalue weighted by atomic mass is 16.6. The molecule has 0 saturated heterocycles. The average Bonchev–Trinajstić information content (AvgIpc) is 2.71. The predicted molar refractivity (Wildman–Crippen MR) is 121 cm³/mol. The maximum absolute atomic E-state index is 12.1. The van der Waals surface area contributed by atoms with Crippen LogP contribution in [0.1, 0.15) is 47.8 Å². The Balaban J connectivity index is 2.34. The smallest absolute Gasteiger partial charge is 0.326 e. The number of likely N-dealkylation sites (N-methyl/N-ethyl adjacent to an activating group) is 1. The van der Waals surface area contributed by atoms with E-state index in [1.807, 2.05) is 39.8 Å². The fourth-order valence-electron chi connectivity index (χ4n) is 3.08.